The first-order valence-corrected chi connectivity index (χ1v) is 15.6. The standard InChI is InChI=1S/C27H39ClN4O4S/c1-19-18-24(29-20(2)33)10-9-22(19)11-17-37(35,36)32-15-12-27(13-16-32)26(34)30-25(31-27)23-7-5-21(6-8-23)4-3-14-28/h9-10,18,21,23H,3-8,11-17H2,1-2H3,(H,29,33)(H,30,31,34). The van der Waals surface area contributed by atoms with Crippen LogP contribution >= 0.6 is 11.6 Å². The Hall–Kier alpha value is -1.97. The van der Waals surface area contributed by atoms with E-state index in [4.69, 9.17) is 16.6 Å². The summed E-state index contributed by atoms with van der Waals surface area (Å²) in [7, 11) is -3.46. The van der Waals surface area contributed by atoms with Gasteiger partial charge >= 0.3 is 0 Å². The van der Waals surface area contributed by atoms with Gasteiger partial charge in [0.05, 0.1) is 5.75 Å². The van der Waals surface area contributed by atoms with Gasteiger partial charge in [-0.05, 0) is 93.9 Å². The highest BCUT2D eigenvalue weighted by Crippen LogP contribution is 2.37. The SMILES string of the molecule is CC(=O)Nc1ccc(CCS(=O)(=O)N2CCC3(CC2)N=C(C2CCC(CCCCl)CC2)NC3=O)c(C)c1. The summed E-state index contributed by atoms with van der Waals surface area (Å²) in [6, 6.07) is 5.52. The van der Waals surface area contributed by atoms with E-state index in [1.54, 1.807) is 6.07 Å². The number of hydrogen-bond acceptors (Lipinski definition) is 5. The lowest BCUT2D eigenvalue weighted by molar-refractivity contribution is -0.125. The second-order valence-corrected chi connectivity index (χ2v) is 13.3. The molecule has 0 radical (unpaired) electrons. The van der Waals surface area contributed by atoms with Crippen LogP contribution in [0.1, 0.15) is 69.4 Å². The van der Waals surface area contributed by atoms with E-state index in [1.165, 1.54) is 17.6 Å². The molecule has 1 saturated carbocycles. The van der Waals surface area contributed by atoms with E-state index < -0.39 is 15.6 Å². The third-order valence-corrected chi connectivity index (χ3v) is 10.4. The lowest BCUT2D eigenvalue weighted by Crippen LogP contribution is -2.51. The fourth-order valence-corrected chi connectivity index (χ4v) is 7.55. The number of rotatable bonds is 9. The average molecular weight is 551 g/mol. The zero-order valence-electron chi connectivity index (χ0n) is 21.9. The molecule has 1 aliphatic carbocycles. The molecule has 2 amide bonds. The Kier molecular flexibility index (Phi) is 8.96. The fourth-order valence-electron chi connectivity index (χ4n) is 5.92. The number of halogens is 1. The minimum Gasteiger partial charge on any atom is -0.326 e. The Bertz CT molecular complexity index is 1140. The topological polar surface area (TPSA) is 108 Å². The molecule has 3 aliphatic rings. The van der Waals surface area contributed by atoms with Crippen molar-refractivity contribution in [2.45, 2.75) is 77.2 Å². The number of aliphatic imine (C=N–C) groups is 1. The lowest BCUT2D eigenvalue weighted by atomic mass is 9.79. The number of piperidine rings is 1. The number of sulfonamides is 1. The molecule has 0 aromatic heterocycles. The molecular weight excluding hydrogens is 512 g/mol. The summed E-state index contributed by atoms with van der Waals surface area (Å²) >= 11 is 5.84. The highest BCUT2D eigenvalue weighted by atomic mass is 35.5. The van der Waals surface area contributed by atoms with E-state index in [0.29, 0.717) is 49.8 Å². The van der Waals surface area contributed by atoms with Crippen LogP contribution in [0.4, 0.5) is 5.69 Å². The molecule has 2 fully saturated rings. The van der Waals surface area contributed by atoms with Gasteiger partial charge in [-0.15, -0.1) is 11.6 Å². The Balaban J connectivity index is 1.31. The van der Waals surface area contributed by atoms with Gasteiger partial charge in [-0.1, -0.05) is 6.07 Å². The predicted octanol–water partition coefficient (Wildman–Crippen LogP) is 4.01. The van der Waals surface area contributed by atoms with Crippen molar-refractivity contribution < 1.29 is 18.0 Å². The van der Waals surface area contributed by atoms with Crippen molar-refractivity contribution in [3.8, 4) is 0 Å². The molecule has 2 heterocycles. The van der Waals surface area contributed by atoms with Crippen LogP contribution in [0.15, 0.2) is 23.2 Å². The van der Waals surface area contributed by atoms with Crippen LogP contribution in [0.3, 0.4) is 0 Å². The maximum atomic E-state index is 13.1. The maximum Gasteiger partial charge on any atom is 0.253 e. The van der Waals surface area contributed by atoms with Crippen molar-refractivity contribution in [1.82, 2.24) is 9.62 Å². The first-order valence-electron chi connectivity index (χ1n) is 13.4. The first-order chi connectivity index (χ1) is 17.6. The smallest absolute Gasteiger partial charge is 0.253 e. The van der Waals surface area contributed by atoms with Crippen molar-refractivity contribution in [1.29, 1.82) is 0 Å². The van der Waals surface area contributed by atoms with Gasteiger partial charge in [0.15, 0.2) is 0 Å². The number of nitrogens with zero attached hydrogens (tertiary/aromatic N) is 2. The molecule has 204 valence electrons. The number of nitrogens with one attached hydrogen (secondary N) is 2. The van der Waals surface area contributed by atoms with Gasteiger partial charge in [0.1, 0.15) is 11.4 Å². The summed E-state index contributed by atoms with van der Waals surface area (Å²) in [4.78, 5) is 29.1. The minimum atomic E-state index is -3.46. The van der Waals surface area contributed by atoms with Crippen molar-refractivity contribution in [3.63, 3.8) is 0 Å². The van der Waals surface area contributed by atoms with E-state index >= 15 is 0 Å². The summed E-state index contributed by atoms with van der Waals surface area (Å²) in [5.74, 6) is 2.33. The molecule has 0 atom stereocenters. The Labute approximate surface area is 225 Å². The molecule has 37 heavy (non-hydrogen) atoms. The molecule has 8 nitrogen and oxygen atoms in total. The molecule has 1 aromatic rings. The molecular formula is C27H39ClN4O4S. The largest absolute Gasteiger partial charge is 0.326 e. The Morgan fingerprint density at radius 1 is 1.22 bits per heavy atom. The third kappa shape index (κ3) is 6.73. The number of amidine groups is 1. The van der Waals surface area contributed by atoms with Gasteiger partial charge in [-0.25, -0.2) is 12.7 Å². The van der Waals surface area contributed by atoms with E-state index in [9.17, 15) is 18.0 Å². The average Bonchev–Trinajstić information content (AvgIpc) is 3.17. The van der Waals surface area contributed by atoms with E-state index in [0.717, 1.165) is 49.1 Å². The summed E-state index contributed by atoms with van der Waals surface area (Å²) in [5, 5.41) is 5.80. The second-order valence-electron chi connectivity index (χ2n) is 10.8. The van der Waals surface area contributed by atoms with Gasteiger partial charge in [-0.3, -0.25) is 14.6 Å². The van der Waals surface area contributed by atoms with E-state index in [2.05, 4.69) is 10.6 Å². The van der Waals surface area contributed by atoms with Crippen LogP contribution in [0.25, 0.3) is 0 Å². The zero-order valence-corrected chi connectivity index (χ0v) is 23.5. The highest BCUT2D eigenvalue weighted by molar-refractivity contribution is 7.89. The number of alkyl halides is 1. The van der Waals surface area contributed by atoms with Crippen molar-refractivity contribution in [2.24, 2.45) is 16.8 Å². The maximum absolute atomic E-state index is 13.1. The lowest BCUT2D eigenvalue weighted by Gasteiger charge is -2.34. The quantitative estimate of drug-likeness (QED) is 0.453. The number of carbonyl (C=O) groups is 2. The molecule has 4 rings (SSSR count). The third-order valence-electron chi connectivity index (χ3n) is 8.21. The van der Waals surface area contributed by atoms with E-state index in [1.807, 2.05) is 19.1 Å². The molecule has 1 aromatic carbocycles. The summed E-state index contributed by atoms with van der Waals surface area (Å²) in [5.41, 5.74) is 1.75. The fraction of sp³-hybridized carbons (Fsp3) is 0.667. The first kappa shape index (κ1) is 28.0. The number of hydrogen-bond donors (Lipinski definition) is 2. The number of amides is 2. The van der Waals surface area contributed by atoms with Crippen LogP contribution in [0.5, 0.6) is 0 Å². The molecule has 2 aliphatic heterocycles. The van der Waals surface area contributed by atoms with Crippen molar-refractivity contribution in [2.75, 3.05) is 30.0 Å². The normalized spacial score (nSPS) is 24.1. The Morgan fingerprint density at radius 2 is 1.92 bits per heavy atom. The van der Waals surface area contributed by atoms with Gasteiger partial charge < -0.3 is 10.6 Å². The van der Waals surface area contributed by atoms with Crippen molar-refractivity contribution in [3.05, 3.63) is 29.3 Å². The summed E-state index contributed by atoms with van der Waals surface area (Å²) in [6.45, 7) is 3.98. The molecule has 0 bridgehead atoms. The van der Waals surface area contributed by atoms with Crippen LogP contribution in [-0.4, -0.2) is 60.6 Å². The van der Waals surface area contributed by atoms with Gasteiger partial charge in [0.25, 0.3) is 5.91 Å². The number of benzene rings is 1. The molecule has 0 unspecified atom stereocenters. The number of aryl methyl sites for hydroxylation is 2. The molecule has 1 saturated heterocycles. The number of carbonyl (C=O) groups excluding carboxylic acids is 2. The van der Waals surface area contributed by atoms with Gasteiger partial charge in [0, 0.05) is 37.5 Å². The van der Waals surface area contributed by atoms with Crippen LogP contribution in [-0.2, 0) is 26.0 Å². The molecule has 1 spiro atoms. The summed E-state index contributed by atoms with van der Waals surface area (Å²) in [6.07, 6.45) is 7.81. The van der Waals surface area contributed by atoms with Crippen molar-refractivity contribution >= 4 is 45.0 Å². The monoisotopic (exact) mass is 550 g/mol. The minimum absolute atomic E-state index is 0.00793. The van der Waals surface area contributed by atoms with Crippen LogP contribution in [0, 0.1) is 18.8 Å². The van der Waals surface area contributed by atoms with Gasteiger partial charge in [-0.2, -0.15) is 0 Å². The predicted molar refractivity (Wildman–Crippen MR) is 147 cm³/mol. The highest BCUT2D eigenvalue weighted by Gasteiger charge is 2.48. The van der Waals surface area contributed by atoms with Crippen LogP contribution < -0.4 is 10.6 Å². The summed E-state index contributed by atoms with van der Waals surface area (Å²) < 4.78 is 27.7. The van der Waals surface area contributed by atoms with Crippen LogP contribution in [0.2, 0.25) is 0 Å². The Morgan fingerprint density at radius 3 is 2.54 bits per heavy atom. The van der Waals surface area contributed by atoms with E-state index in [-0.39, 0.29) is 23.5 Å². The molecule has 10 heteroatoms. The zero-order chi connectivity index (χ0) is 26.6. The molecule has 2 N–H and O–H groups in total. The second kappa shape index (κ2) is 11.8. The number of anilines is 1. The van der Waals surface area contributed by atoms with Gasteiger partial charge in [0.2, 0.25) is 15.9 Å².